The largest absolute Gasteiger partial charge is 0.496 e. The summed E-state index contributed by atoms with van der Waals surface area (Å²) in [7, 11) is 3.06. The van der Waals surface area contributed by atoms with Crippen LogP contribution in [0.3, 0.4) is 0 Å². The van der Waals surface area contributed by atoms with E-state index in [4.69, 9.17) is 31.5 Å². The Hall–Kier alpha value is -2.19. The van der Waals surface area contributed by atoms with E-state index in [1.165, 1.54) is 19.2 Å². The number of rotatable bonds is 5. The van der Waals surface area contributed by atoms with Crippen LogP contribution in [-0.4, -0.2) is 62.5 Å². The number of nitrogens with two attached hydrogens (primary N) is 1. The van der Waals surface area contributed by atoms with Gasteiger partial charge in [-0.1, -0.05) is 11.6 Å². The summed E-state index contributed by atoms with van der Waals surface area (Å²) in [6.07, 6.45) is 0.106. The van der Waals surface area contributed by atoms with E-state index in [1.807, 2.05) is 20.8 Å². The molecule has 2 rings (SSSR count). The fourth-order valence-electron chi connectivity index (χ4n) is 3.19. The number of benzene rings is 1. The first-order valence-electron chi connectivity index (χ1n) is 9.47. The van der Waals surface area contributed by atoms with Crippen LogP contribution in [0, 0.1) is 5.92 Å². The smallest absolute Gasteiger partial charge is 0.410 e. The fourth-order valence-corrected chi connectivity index (χ4v) is 3.36. The van der Waals surface area contributed by atoms with Crippen LogP contribution >= 0.6 is 11.6 Å². The van der Waals surface area contributed by atoms with Crippen LogP contribution in [0.1, 0.15) is 37.6 Å². The van der Waals surface area contributed by atoms with Crippen LogP contribution in [-0.2, 0) is 9.47 Å². The zero-order valence-electron chi connectivity index (χ0n) is 17.6. The molecule has 0 saturated carbocycles. The molecule has 2 unspecified atom stereocenters. The lowest BCUT2D eigenvalue weighted by molar-refractivity contribution is -0.0280. The highest BCUT2D eigenvalue weighted by Crippen LogP contribution is 2.29. The molecule has 1 aromatic rings. The molecule has 162 valence electrons. The van der Waals surface area contributed by atoms with Crippen LogP contribution in [0.2, 0.25) is 5.02 Å². The minimum Gasteiger partial charge on any atom is -0.496 e. The molecule has 8 nitrogen and oxygen atoms in total. The number of anilines is 1. The second-order valence-electron chi connectivity index (χ2n) is 8.03. The maximum Gasteiger partial charge on any atom is 0.410 e. The molecule has 1 aliphatic rings. The van der Waals surface area contributed by atoms with Crippen molar-refractivity contribution < 1.29 is 23.8 Å². The van der Waals surface area contributed by atoms with Crippen molar-refractivity contribution in [1.29, 1.82) is 0 Å². The topological polar surface area (TPSA) is 103 Å². The Bertz CT molecular complexity index is 750. The van der Waals surface area contributed by atoms with Crippen molar-refractivity contribution >= 4 is 29.3 Å². The van der Waals surface area contributed by atoms with Gasteiger partial charge < -0.3 is 30.2 Å². The van der Waals surface area contributed by atoms with E-state index in [9.17, 15) is 9.59 Å². The van der Waals surface area contributed by atoms with Crippen LogP contribution in [0.15, 0.2) is 12.1 Å². The number of halogens is 1. The van der Waals surface area contributed by atoms with Gasteiger partial charge in [-0.25, -0.2) is 4.79 Å². The predicted molar refractivity (Wildman–Crippen MR) is 111 cm³/mol. The van der Waals surface area contributed by atoms with Crippen LogP contribution in [0.5, 0.6) is 5.75 Å². The molecule has 1 aromatic carbocycles. The van der Waals surface area contributed by atoms with Crippen molar-refractivity contribution in [3.63, 3.8) is 0 Å². The summed E-state index contributed by atoms with van der Waals surface area (Å²) in [6.45, 7) is 6.83. The second kappa shape index (κ2) is 9.54. The standard InChI is InChI=1S/C20H30ClN3O5/c1-20(2,3)29-19(26)24-7-6-12(17(11-24)28-5)10-23-18(25)13-8-14(21)15(22)9-16(13)27-4/h8-9,12,17H,6-7,10-11,22H2,1-5H3,(H,23,25). The summed E-state index contributed by atoms with van der Waals surface area (Å²) < 4.78 is 16.2. The number of carbonyl (C=O) groups is 2. The van der Waals surface area contributed by atoms with Crippen LogP contribution in [0.25, 0.3) is 0 Å². The number of piperidine rings is 1. The average Bonchev–Trinajstić information content (AvgIpc) is 2.66. The van der Waals surface area contributed by atoms with E-state index in [1.54, 1.807) is 12.0 Å². The number of likely N-dealkylation sites (tertiary alicyclic amines) is 1. The lowest BCUT2D eigenvalue weighted by Crippen LogP contribution is -2.51. The van der Waals surface area contributed by atoms with Crippen LogP contribution in [0.4, 0.5) is 10.5 Å². The molecule has 1 heterocycles. The van der Waals surface area contributed by atoms with Crippen molar-refractivity contribution in [2.24, 2.45) is 5.92 Å². The molecule has 2 amide bonds. The molecule has 2 atom stereocenters. The van der Waals surface area contributed by atoms with Gasteiger partial charge in [0.2, 0.25) is 0 Å². The Labute approximate surface area is 176 Å². The van der Waals surface area contributed by atoms with Crippen molar-refractivity contribution in [3.05, 3.63) is 22.7 Å². The molecule has 29 heavy (non-hydrogen) atoms. The fraction of sp³-hybridized carbons (Fsp3) is 0.600. The Kier molecular flexibility index (Phi) is 7.60. The molecule has 1 fully saturated rings. The zero-order chi connectivity index (χ0) is 21.8. The number of ether oxygens (including phenoxy) is 3. The minimum absolute atomic E-state index is 0.0536. The van der Waals surface area contributed by atoms with Gasteiger partial charge in [0.25, 0.3) is 5.91 Å². The summed E-state index contributed by atoms with van der Waals surface area (Å²) in [4.78, 5) is 26.6. The third-order valence-electron chi connectivity index (χ3n) is 4.74. The molecule has 0 bridgehead atoms. The van der Waals surface area contributed by atoms with Gasteiger partial charge >= 0.3 is 6.09 Å². The molecule has 0 radical (unpaired) electrons. The third kappa shape index (κ3) is 6.14. The van der Waals surface area contributed by atoms with E-state index < -0.39 is 5.60 Å². The normalized spacial score (nSPS) is 19.6. The first-order valence-corrected chi connectivity index (χ1v) is 9.85. The van der Waals surface area contributed by atoms with Crippen molar-refractivity contribution in [3.8, 4) is 5.75 Å². The number of methoxy groups -OCH3 is 2. The minimum atomic E-state index is -0.552. The number of carbonyl (C=O) groups excluding carboxylic acids is 2. The number of hydrogen-bond acceptors (Lipinski definition) is 6. The van der Waals surface area contributed by atoms with Crippen LogP contribution < -0.4 is 15.8 Å². The van der Waals surface area contributed by atoms with E-state index in [0.717, 1.165) is 0 Å². The first-order chi connectivity index (χ1) is 13.6. The van der Waals surface area contributed by atoms with E-state index in [2.05, 4.69) is 5.32 Å². The lowest BCUT2D eigenvalue weighted by Gasteiger charge is -2.38. The zero-order valence-corrected chi connectivity index (χ0v) is 18.3. The molecule has 0 aliphatic carbocycles. The van der Waals surface area contributed by atoms with Gasteiger partial charge in [0, 0.05) is 32.2 Å². The SMILES string of the molecule is COc1cc(N)c(Cl)cc1C(=O)NCC1CCN(C(=O)OC(C)(C)C)CC1OC. The summed E-state index contributed by atoms with van der Waals surface area (Å²) in [5, 5.41) is 3.19. The number of nitrogen functional groups attached to an aromatic ring is 1. The summed E-state index contributed by atoms with van der Waals surface area (Å²) in [5.74, 6) is 0.0958. The van der Waals surface area contributed by atoms with Gasteiger partial charge in [-0.2, -0.15) is 0 Å². The molecular formula is C20H30ClN3O5. The van der Waals surface area contributed by atoms with Gasteiger partial charge in [0.05, 0.1) is 36.0 Å². The highest BCUT2D eigenvalue weighted by Gasteiger charge is 2.34. The average molecular weight is 428 g/mol. The van der Waals surface area contributed by atoms with E-state index in [-0.39, 0.29) is 29.0 Å². The number of amides is 2. The van der Waals surface area contributed by atoms with Gasteiger partial charge in [0.15, 0.2) is 0 Å². The Balaban J connectivity index is 1.98. The molecule has 1 saturated heterocycles. The quantitative estimate of drug-likeness (QED) is 0.700. The second-order valence-corrected chi connectivity index (χ2v) is 8.44. The van der Waals surface area contributed by atoms with E-state index in [0.29, 0.717) is 43.1 Å². The Morgan fingerprint density at radius 2 is 2.00 bits per heavy atom. The maximum absolute atomic E-state index is 12.6. The van der Waals surface area contributed by atoms with Crippen molar-refractivity contribution in [2.45, 2.75) is 38.9 Å². The van der Waals surface area contributed by atoms with Gasteiger partial charge in [-0.05, 0) is 33.3 Å². The lowest BCUT2D eigenvalue weighted by atomic mass is 9.93. The monoisotopic (exact) mass is 427 g/mol. The molecule has 1 aliphatic heterocycles. The van der Waals surface area contributed by atoms with Gasteiger partial charge in [-0.3, -0.25) is 4.79 Å². The van der Waals surface area contributed by atoms with E-state index >= 15 is 0 Å². The predicted octanol–water partition coefficient (Wildman–Crippen LogP) is 2.93. The maximum atomic E-state index is 12.6. The summed E-state index contributed by atoms with van der Waals surface area (Å²) >= 11 is 6.04. The van der Waals surface area contributed by atoms with Crippen molar-refractivity contribution in [2.75, 3.05) is 39.6 Å². The summed E-state index contributed by atoms with van der Waals surface area (Å²) in [5.41, 5.74) is 5.87. The molecule has 9 heteroatoms. The van der Waals surface area contributed by atoms with Crippen molar-refractivity contribution in [1.82, 2.24) is 10.2 Å². The number of hydrogen-bond donors (Lipinski definition) is 2. The first kappa shape index (κ1) is 23.1. The van der Waals surface area contributed by atoms with Gasteiger partial charge in [-0.15, -0.1) is 0 Å². The third-order valence-corrected chi connectivity index (χ3v) is 5.07. The Morgan fingerprint density at radius 3 is 2.59 bits per heavy atom. The molecule has 0 aromatic heterocycles. The number of nitrogens with zero attached hydrogens (tertiary/aromatic N) is 1. The number of nitrogens with one attached hydrogen (secondary N) is 1. The molecule has 3 N–H and O–H groups in total. The molecule has 0 spiro atoms. The van der Waals surface area contributed by atoms with Gasteiger partial charge in [0.1, 0.15) is 11.4 Å². The summed E-state index contributed by atoms with van der Waals surface area (Å²) in [6, 6.07) is 3.01. The highest BCUT2D eigenvalue weighted by molar-refractivity contribution is 6.33. The molecular weight excluding hydrogens is 398 g/mol. The highest BCUT2D eigenvalue weighted by atomic mass is 35.5. The Morgan fingerprint density at radius 1 is 1.31 bits per heavy atom.